The lowest BCUT2D eigenvalue weighted by atomic mass is 10.1. The number of hydrogen-bond donors (Lipinski definition) is 1. The van der Waals surface area contributed by atoms with Crippen molar-refractivity contribution in [2.45, 2.75) is 26.4 Å². The molecule has 0 saturated heterocycles. The Morgan fingerprint density at radius 1 is 1.32 bits per heavy atom. The van der Waals surface area contributed by atoms with Crippen LogP contribution in [-0.2, 0) is 6.54 Å². The Kier molecular flexibility index (Phi) is 3.35. The van der Waals surface area contributed by atoms with Gasteiger partial charge in [-0.05, 0) is 31.5 Å². The molecule has 1 atom stereocenters. The van der Waals surface area contributed by atoms with Gasteiger partial charge in [0, 0.05) is 6.04 Å². The number of aromatic nitrogens is 2. The third-order valence-electron chi connectivity index (χ3n) is 3.02. The zero-order chi connectivity index (χ0) is 13.2. The average molecular weight is 277 g/mol. The molecule has 100 valence electrons. The third kappa shape index (κ3) is 2.69. The normalized spacial score (nSPS) is 14.6. The van der Waals surface area contributed by atoms with Crippen LogP contribution in [0.4, 0.5) is 0 Å². The lowest BCUT2D eigenvalue weighted by Gasteiger charge is -2.13. The number of nitrogens with zero attached hydrogens (tertiary/aromatic N) is 2. The predicted octanol–water partition coefficient (Wildman–Crippen LogP) is 2.43. The Hall–Kier alpha value is -1.66. The molecule has 0 amide bonds. The van der Waals surface area contributed by atoms with Gasteiger partial charge in [-0.1, -0.05) is 6.07 Å². The first-order valence-electron chi connectivity index (χ1n) is 6.14. The second kappa shape index (κ2) is 5.14. The summed E-state index contributed by atoms with van der Waals surface area (Å²) in [5.74, 6) is 1.63. The standard InChI is InChI=1S/C13H15N3O2S/c1-8(14-6-13-16-15-9(2)19-13)10-3-4-11-12(5-10)18-7-17-11/h3-5,8,14H,6-7H2,1-2H3/t8-/m0/s1. The highest BCUT2D eigenvalue weighted by atomic mass is 32.1. The number of fused-ring (bicyclic) bond motifs is 1. The van der Waals surface area contributed by atoms with Crippen LogP contribution in [0, 0.1) is 6.92 Å². The van der Waals surface area contributed by atoms with E-state index in [4.69, 9.17) is 9.47 Å². The van der Waals surface area contributed by atoms with Gasteiger partial charge in [0.25, 0.3) is 0 Å². The summed E-state index contributed by atoms with van der Waals surface area (Å²) in [6.45, 7) is 5.11. The molecule has 5 nitrogen and oxygen atoms in total. The summed E-state index contributed by atoms with van der Waals surface area (Å²) in [6.07, 6.45) is 0. The van der Waals surface area contributed by atoms with Crippen LogP contribution in [0.2, 0.25) is 0 Å². The van der Waals surface area contributed by atoms with Crippen LogP contribution in [0.1, 0.15) is 28.5 Å². The van der Waals surface area contributed by atoms with Crippen LogP contribution in [0.15, 0.2) is 18.2 Å². The maximum Gasteiger partial charge on any atom is 0.231 e. The molecule has 0 unspecified atom stereocenters. The second-order valence-corrected chi connectivity index (χ2v) is 5.70. The van der Waals surface area contributed by atoms with Gasteiger partial charge in [0.1, 0.15) is 10.0 Å². The quantitative estimate of drug-likeness (QED) is 0.930. The fourth-order valence-corrected chi connectivity index (χ4v) is 2.61. The van der Waals surface area contributed by atoms with E-state index in [1.54, 1.807) is 11.3 Å². The van der Waals surface area contributed by atoms with Crippen molar-refractivity contribution in [2.24, 2.45) is 0 Å². The van der Waals surface area contributed by atoms with Crippen molar-refractivity contribution in [1.29, 1.82) is 0 Å². The molecule has 1 aromatic heterocycles. The zero-order valence-electron chi connectivity index (χ0n) is 10.8. The number of ether oxygens (including phenoxy) is 2. The van der Waals surface area contributed by atoms with Crippen molar-refractivity contribution in [1.82, 2.24) is 15.5 Å². The van der Waals surface area contributed by atoms with E-state index in [2.05, 4.69) is 28.5 Å². The number of aryl methyl sites for hydroxylation is 1. The van der Waals surface area contributed by atoms with Crippen molar-refractivity contribution in [3.63, 3.8) is 0 Å². The molecular formula is C13H15N3O2S. The predicted molar refractivity (Wildman–Crippen MR) is 72.5 cm³/mol. The highest BCUT2D eigenvalue weighted by Crippen LogP contribution is 2.34. The molecule has 3 rings (SSSR count). The van der Waals surface area contributed by atoms with Crippen LogP contribution in [0.3, 0.4) is 0 Å². The number of benzene rings is 1. The van der Waals surface area contributed by atoms with Crippen molar-refractivity contribution >= 4 is 11.3 Å². The zero-order valence-corrected chi connectivity index (χ0v) is 11.7. The molecule has 1 N–H and O–H groups in total. The van der Waals surface area contributed by atoms with Crippen molar-refractivity contribution in [3.05, 3.63) is 33.8 Å². The number of nitrogens with one attached hydrogen (secondary N) is 1. The van der Waals surface area contributed by atoms with E-state index in [1.807, 2.05) is 19.1 Å². The minimum atomic E-state index is 0.221. The summed E-state index contributed by atoms with van der Waals surface area (Å²) in [4.78, 5) is 0. The van der Waals surface area contributed by atoms with Crippen molar-refractivity contribution < 1.29 is 9.47 Å². The van der Waals surface area contributed by atoms with E-state index in [0.717, 1.165) is 28.1 Å². The van der Waals surface area contributed by atoms with Crippen molar-refractivity contribution in [3.8, 4) is 11.5 Å². The van der Waals surface area contributed by atoms with Crippen LogP contribution in [-0.4, -0.2) is 17.0 Å². The number of hydrogen-bond acceptors (Lipinski definition) is 6. The van der Waals surface area contributed by atoms with Gasteiger partial charge in [0.2, 0.25) is 6.79 Å². The van der Waals surface area contributed by atoms with E-state index < -0.39 is 0 Å². The highest BCUT2D eigenvalue weighted by molar-refractivity contribution is 7.11. The molecule has 1 aromatic carbocycles. The maximum atomic E-state index is 5.39. The largest absolute Gasteiger partial charge is 0.454 e. The first kappa shape index (κ1) is 12.4. The van der Waals surface area contributed by atoms with Crippen LogP contribution < -0.4 is 14.8 Å². The Morgan fingerprint density at radius 3 is 2.95 bits per heavy atom. The molecule has 0 spiro atoms. The van der Waals surface area contributed by atoms with Gasteiger partial charge < -0.3 is 14.8 Å². The van der Waals surface area contributed by atoms with E-state index in [9.17, 15) is 0 Å². The Morgan fingerprint density at radius 2 is 2.16 bits per heavy atom. The van der Waals surface area contributed by atoms with Crippen LogP contribution in [0.5, 0.6) is 11.5 Å². The topological polar surface area (TPSA) is 56.3 Å². The lowest BCUT2D eigenvalue weighted by molar-refractivity contribution is 0.174. The average Bonchev–Trinajstić information content (AvgIpc) is 3.03. The number of rotatable bonds is 4. The molecule has 0 saturated carbocycles. The van der Waals surface area contributed by atoms with E-state index in [1.165, 1.54) is 5.56 Å². The Labute approximate surface area is 115 Å². The molecule has 0 bridgehead atoms. The molecule has 6 heteroatoms. The van der Waals surface area contributed by atoms with Gasteiger partial charge in [-0.25, -0.2) is 0 Å². The maximum absolute atomic E-state index is 5.39. The monoisotopic (exact) mass is 277 g/mol. The minimum absolute atomic E-state index is 0.221. The first-order valence-corrected chi connectivity index (χ1v) is 6.96. The lowest BCUT2D eigenvalue weighted by Crippen LogP contribution is -2.17. The summed E-state index contributed by atoms with van der Waals surface area (Å²) in [7, 11) is 0. The van der Waals surface area contributed by atoms with Gasteiger partial charge >= 0.3 is 0 Å². The van der Waals surface area contributed by atoms with Gasteiger partial charge in [0.15, 0.2) is 11.5 Å². The second-order valence-electron chi connectivity index (χ2n) is 4.43. The Bertz CT molecular complexity index is 585. The van der Waals surface area contributed by atoms with Gasteiger partial charge in [0.05, 0.1) is 6.54 Å². The first-order chi connectivity index (χ1) is 9.22. The van der Waals surface area contributed by atoms with Gasteiger partial charge in [-0.3, -0.25) is 0 Å². The van der Waals surface area contributed by atoms with Gasteiger partial charge in [-0.15, -0.1) is 21.5 Å². The smallest absolute Gasteiger partial charge is 0.231 e. The fraction of sp³-hybridized carbons (Fsp3) is 0.385. The van der Waals surface area contributed by atoms with E-state index in [0.29, 0.717) is 6.79 Å². The molecule has 2 aromatic rings. The third-order valence-corrected chi connectivity index (χ3v) is 3.86. The highest BCUT2D eigenvalue weighted by Gasteiger charge is 2.15. The Balaban J connectivity index is 1.65. The van der Waals surface area contributed by atoms with Gasteiger partial charge in [-0.2, -0.15) is 0 Å². The van der Waals surface area contributed by atoms with Crippen LogP contribution in [0.25, 0.3) is 0 Å². The van der Waals surface area contributed by atoms with E-state index in [-0.39, 0.29) is 6.04 Å². The molecule has 0 fully saturated rings. The minimum Gasteiger partial charge on any atom is -0.454 e. The fourth-order valence-electron chi connectivity index (χ4n) is 1.95. The van der Waals surface area contributed by atoms with Crippen LogP contribution >= 0.6 is 11.3 Å². The summed E-state index contributed by atoms with van der Waals surface area (Å²) < 4.78 is 10.7. The molecule has 0 aliphatic carbocycles. The molecule has 19 heavy (non-hydrogen) atoms. The summed E-state index contributed by atoms with van der Waals surface area (Å²) >= 11 is 1.62. The molecule has 0 radical (unpaired) electrons. The summed E-state index contributed by atoms with van der Waals surface area (Å²) in [6, 6.07) is 6.24. The summed E-state index contributed by atoms with van der Waals surface area (Å²) in [5, 5.41) is 13.5. The molecule has 1 aliphatic heterocycles. The van der Waals surface area contributed by atoms with Crippen molar-refractivity contribution in [2.75, 3.05) is 6.79 Å². The molecule has 1 aliphatic rings. The molecule has 2 heterocycles. The van der Waals surface area contributed by atoms with E-state index >= 15 is 0 Å². The summed E-state index contributed by atoms with van der Waals surface area (Å²) in [5.41, 5.74) is 1.17. The SMILES string of the molecule is Cc1nnc(CN[C@@H](C)c2ccc3c(c2)OCO3)s1. The molecular weight excluding hydrogens is 262 g/mol.